The van der Waals surface area contributed by atoms with Crippen LogP contribution in [0.3, 0.4) is 0 Å². The Morgan fingerprint density at radius 2 is 1.67 bits per heavy atom. The highest BCUT2D eigenvalue weighted by Crippen LogP contribution is 2.13. The van der Waals surface area contributed by atoms with E-state index < -0.39 is 11.6 Å². The van der Waals surface area contributed by atoms with Crippen LogP contribution in [0.2, 0.25) is 0 Å². The molecule has 2 nitrogen and oxygen atoms in total. The lowest BCUT2D eigenvalue weighted by Gasteiger charge is -2.12. The molecule has 4 heteroatoms. The second-order valence-electron chi connectivity index (χ2n) is 6.21. The zero-order valence-electron chi connectivity index (χ0n) is 13.9. The van der Waals surface area contributed by atoms with E-state index in [1.54, 1.807) is 0 Å². The predicted molar refractivity (Wildman–Crippen MR) is 91.6 cm³/mol. The van der Waals surface area contributed by atoms with Crippen LogP contribution in [0.4, 0.5) is 8.78 Å². The maximum atomic E-state index is 13.1. The molecule has 128 valence electrons. The summed E-state index contributed by atoms with van der Waals surface area (Å²) in [4.78, 5) is 11.9. The Labute approximate surface area is 141 Å². The molecule has 1 amide bonds. The molecule has 0 saturated carbocycles. The first kappa shape index (κ1) is 18.1. The zero-order chi connectivity index (χ0) is 17.4. The molecular formula is C20H23F2NO. The number of carbonyl (C=O) groups excluding carboxylic acids is 1. The number of aryl methyl sites for hydroxylation is 1. The van der Waals surface area contributed by atoms with Crippen molar-refractivity contribution in [2.24, 2.45) is 5.92 Å². The number of benzene rings is 2. The number of hydrogen-bond donors (Lipinski definition) is 1. The molecule has 0 aliphatic rings. The highest BCUT2D eigenvalue weighted by molar-refractivity contribution is 5.76. The van der Waals surface area contributed by atoms with Crippen molar-refractivity contribution in [2.45, 2.75) is 32.6 Å². The first-order valence-corrected chi connectivity index (χ1v) is 8.28. The summed E-state index contributed by atoms with van der Waals surface area (Å²) >= 11 is 0. The summed E-state index contributed by atoms with van der Waals surface area (Å²) in [6.45, 7) is 2.44. The van der Waals surface area contributed by atoms with Gasteiger partial charge in [-0.3, -0.25) is 4.79 Å². The van der Waals surface area contributed by atoms with Gasteiger partial charge >= 0.3 is 0 Å². The molecular weight excluding hydrogens is 308 g/mol. The Morgan fingerprint density at radius 3 is 2.33 bits per heavy atom. The first-order valence-electron chi connectivity index (χ1n) is 8.28. The topological polar surface area (TPSA) is 29.1 Å². The van der Waals surface area contributed by atoms with Crippen molar-refractivity contribution in [1.29, 1.82) is 0 Å². The van der Waals surface area contributed by atoms with Gasteiger partial charge in [-0.15, -0.1) is 0 Å². The molecule has 0 aromatic heterocycles. The van der Waals surface area contributed by atoms with Crippen LogP contribution in [-0.4, -0.2) is 12.5 Å². The average molecular weight is 331 g/mol. The third-order valence-corrected chi connectivity index (χ3v) is 3.96. The summed E-state index contributed by atoms with van der Waals surface area (Å²) in [5.41, 5.74) is 1.82. The smallest absolute Gasteiger partial charge is 0.220 e. The average Bonchev–Trinajstić information content (AvgIpc) is 2.53. The highest BCUT2D eigenvalue weighted by Gasteiger charge is 2.09. The Hall–Kier alpha value is -2.23. The van der Waals surface area contributed by atoms with Gasteiger partial charge in [-0.2, -0.15) is 0 Å². The van der Waals surface area contributed by atoms with Crippen LogP contribution in [-0.2, 0) is 17.6 Å². The van der Waals surface area contributed by atoms with Gasteiger partial charge in [-0.25, -0.2) is 8.78 Å². The van der Waals surface area contributed by atoms with Crippen molar-refractivity contribution in [2.75, 3.05) is 6.54 Å². The number of nitrogens with one attached hydrogen (secondary N) is 1. The van der Waals surface area contributed by atoms with E-state index in [4.69, 9.17) is 0 Å². The van der Waals surface area contributed by atoms with Gasteiger partial charge in [-0.05, 0) is 48.4 Å². The van der Waals surface area contributed by atoms with Gasteiger partial charge in [0.25, 0.3) is 0 Å². The molecule has 2 rings (SSSR count). The maximum Gasteiger partial charge on any atom is 0.220 e. The number of amides is 1. The third-order valence-electron chi connectivity index (χ3n) is 3.96. The molecule has 1 unspecified atom stereocenters. The Kier molecular flexibility index (Phi) is 6.91. The van der Waals surface area contributed by atoms with Crippen molar-refractivity contribution >= 4 is 5.91 Å². The summed E-state index contributed by atoms with van der Waals surface area (Å²) in [7, 11) is 0. The van der Waals surface area contributed by atoms with Gasteiger partial charge in [0, 0.05) is 19.0 Å². The quantitative estimate of drug-likeness (QED) is 0.768. The van der Waals surface area contributed by atoms with Gasteiger partial charge in [-0.1, -0.05) is 37.3 Å². The van der Waals surface area contributed by atoms with Crippen LogP contribution in [0.15, 0.2) is 48.5 Å². The molecule has 2 aromatic carbocycles. The second-order valence-corrected chi connectivity index (χ2v) is 6.21. The minimum atomic E-state index is -0.592. The van der Waals surface area contributed by atoms with Crippen molar-refractivity contribution in [3.05, 3.63) is 71.3 Å². The monoisotopic (exact) mass is 331 g/mol. The first-order chi connectivity index (χ1) is 11.5. The SMILES string of the molecule is CC(CCc1ccccc1)CC(=O)NCCc1cc(F)cc(F)c1. The standard InChI is InChI=1S/C20H23F2NO/c1-15(7-8-16-5-3-2-4-6-16)11-20(24)23-10-9-17-12-18(21)14-19(22)13-17/h2-6,12-15H,7-11H2,1H3,(H,23,24). The Morgan fingerprint density at radius 1 is 1.00 bits per heavy atom. The predicted octanol–water partition coefficient (Wildman–Crippen LogP) is 4.28. The molecule has 0 bridgehead atoms. The summed E-state index contributed by atoms with van der Waals surface area (Å²) < 4.78 is 26.2. The Bertz CT molecular complexity index is 638. The lowest BCUT2D eigenvalue weighted by atomic mass is 9.98. The summed E-state index contributed by atoms with van der Waals surface area (Å²) in [6.07, 6.45) is 2.79. The molecule has 0 radical (unpaired) electrons. The number of hydrogen-bond acceptors (Lipinski definition) is 1. The van der Waals surface area contributed by atoms with Crippen LogP contribution in [0.1, 0.15) is 30.9 Å². The van der Waals surface area contributed by atoms with E-state index in [2.05, 4.69) is 24.4 Å². The van der Waals surface area contributed by atoms with E-state index in [9.17, 15) is 13.6 Å². The molecule has 1 N–H and O–H groups in total. The van der Waals surface area contributed by atoms with Gasteiger partial charge < -0.3 is 5.32 Å². The summed E-state index contributed by atoms with van der Waals surface area (Å²) in [6, 6.07) is 13.6. The molecule has 24 heavy (non-hydrogen) atoms. The normalized spacial score (nSPS) is 12.0. The van der Waals surface area contributed by atoms with Crippen LogP contribution in [0, 0.1) is 17.6 Å². The van der Waals surface area contributed by atoms with E-state index >= 15 is 0 Å². The molecule has 0 heterocycles. The number of rotatable bonds is 8. The van der Waals surface area contributed by atoms with E-state index in [-0.39, 0.29) is 11.8 Å². The van der Waals surface area contributed by atoms with E-state index in [0.717, 1.165) is 18.9 Å². The molecule has 2 aromatic rings. The van der Waals surface area contributed by atoms with E-state index in [1.807, 2.05) is 18.2 Å². The zero-order valence-corrected chi connectivity index (χ0v) is 13.9. The van der Waals surface area contributed by atoms with Gasteiger partial charge in [0.1, 0.15) is 11.6 Å². The van der Waals surface area contributed by atoms with Gasteiger partial charge in [0.15, 0.2) is 0 Å². The van der Waals surface area contributed by atoms with Gasteiger partial charge in [0.05, 0.1) is 0 Å². The summed E-state index contributed by atoms with van der Waals surface area (Å²) in [5, 5.41) is 2.82. The van der Waals surface area contributed by atoms with Crippen LogP contribution >= 0.6 is 0 Å². The Balaban J connectivity index is 1.67. The second kappa shape index (κ2) is 9.16. The van der Waals surface area contributed by atoms with Crippen LogP contribution < -0.4 is 5.32 Å². The molecule has 0 fully saturated rings. The number of carbonyl (C=O) groups is 1. The lowest BCUT2D eigenvalue weighted by molar-refractivity contribution is -0.121. The molecule has 0 aliphatic carbocycles. The van der Waals surface area contributed by atoms with Crippen molar-refractivity contribution in [3.8, 4) is 0 Å². The van der Waals surface area contributed by atoms with Crippen LogP contribution in [0.5, 0.6) is 0 Å². The van der Waals surface area contributed by atoms with E-state index in [1.165, 1.54) is 17.7 Å². The van der Waals surface area contributed by atoms with Crippen molar-refractivity contribution in [3.63, 3.8) is 0 Å². The highest BCUT2D eigenvalue weighted by atomic mass is 19.1. The maximum absolute atomic E-state index is 13.1. The minimum absolute atomic E-state index is 0.0209. The minimum Gasteiger partial charge on any atom is -0.356 e. The molecule has 0 aliphatic heterocycles. The molecule has 0 spiro atoms. The largest absolute Gasteiger partial charge is 0.356 e. The van der Waals surface area contributed by atoms with Crippen molar-refractivity contribution in [1.82, 2.24) is 5.32 Å². The fourth-order valence-corrected chi connectivity index (χ4v) is 2.65. The summed E-state index contributed by atoms with van der Waals surface area (Å²) in [5.74, 6) is -0.916. The van der Waals surface area contributed by atoms with Gasteiger partial charge in [0.2, 0.25) is 5.91 Å². The fourth-order valence-electron chi connectivity index (χ4n) is 2.65. The third kappa shape index (κ3) is 6.49. The number of halogens is 2. The van der Waals surface area contributed by atoms with E-state index in [0.29, 0.717) is 24.9 Å². The molecule has 0 saturated heterocycles. The lowest BCUT2D eigenvalue weighted by Crippen LogP contribution is -2.27. The molecule has 1 atom stereocenters. The fraction of sp³-hybridized carbons (Fsp3) is 0.350. The van der Waals surface area contributed by atoms with Crippen LogP contribution in [0.25, 0.3) is 0 Å². The van der Waals surface area contributed by atoms with Crippen molar-refractivity contribution < 1.29 is 13.6 Å².